The summed E-state index contributed by atoms with van der Waals surface area (Å²) in [6, 6.07) is 0. The van der Waals surface area contributed by atoms with E-state index in [1.165, 1.54) is 0 Å². The van der Waals surface area contributed by atoms with Crippen molar-refractivity contribution in [1.82, 2.24) is 0 Å². The zero-order chi connectivity index (χ0) is 17.8. The second kappa shape index (κ2) is 6.77. The summed E-state index contributed by atoms with van der Waals surface area (Å²) in [7, 11) is 0. The van der Waals surface area contributed by atoms with E-state index in [-0.39, 0.29) is 0 Å². The van der Waals surface area contributed by atoms with Crippen LogP contribution in [-0.2, 0) is 9.47 Å². The van der Waals surface area contributed by atoms with Gasteiger partial charge in [-0.2, -0.15) is 43.9 Å². The molecule has 0 heterocycles. The Kier molecular flexibility index (Phi) is 6.33. The maximum atomic E-state index is 12.4. The van der Waals surface area contributed by atoms with E-state index in [4.69, 9.17) is 0 Å². The molecular formula is C9H8F10O3. The number of carbonyl (C=O) groups is 1. The summed E-state index contributed by atoms with van der Waals surface area (Å²) in [6.45, 7) is -3.49. The fourth-order valence-electron chi connectivity index (χ4n) is 0.864. The highest BCUT2D eigenvalue weighted by Crippen LogP contribution is 2.38. The molecule has 0 bridgehead atoms. The minimum absolute atomic E-state index is 1.02. The number of ether oxygens (including phenoxy) is 2. The lowest BCUT2D eigenvalue weighted by Crippen LogP contribution is -2.41. The van der Waals surface area contributed by atoms with Gasteiger partial charge in [-0.3, -0.25) is 0 Å². The van der Waals surface area contributed by atoms with Crippen LogP contribution in [0.15, 0.2) is 0 Å². The molecule has 0 unspecified atom stereocenters. The predicted octanol–water partition coefficient (Wildman–Crippen LogP) is 4.32. The van der Waals surface area contributed by atoms with Crippen LogP contribution in [0.3, 0.4) is 0 Å². The highest BCUT2D eigenvalue weighted by atomic mass is 19.4. The monoisotopic (exact) mass is 354 g/mol. The summed E-state index contributed by atoms with van der Waals surface area (Å²) in [5, 5.41) is 0. The third-order valence-corrected chi connectivity index (χ3v) is 2.06. The average molecular weight is 354 g/mol. The SMILES string of the molecule is O=C(OCCCC(F)(F)C(F)(F)F)OCC(F)(F)C(F)(F)F. The van der Waals surface area contributed by atoms with E-state index in [0.29, 0.717) is 0 Å². The third kappa shape index (κ3) is 6.13. The molecule has 0 fully saturated rings. The molecule has 0 N–H and O–H groups in total. The summed E-state index contributed by atoms with van der Waals surface area (Å²) < 4.78 is 127. The first kappa shape index (κ1) is 20.6. The maximum absolute atomic E-state index is 12.4. The number of hydrogen-bond acceptors (Lipinski definition) is 3. The highest BCUT2D eigenvalue weighted by Gasteiger charge is 2.58. The summed E-state index contributed by atoms with van der Waals surface area (Å²) in [5.74, 6) is -10.4. The van der Waals surface area contributed by atoms with Crippen molar-refractivity contribution in [2.24, 2.45) is 0 Å². The molecule has 3 nitrogen and oxygen atoms in total. The average Bonchev–Trinajstić information content (AvgIpc) is 2.29. The Bertz CT molecular complexity index is 373. The van der Waals surface area contributed by atoms with E-state index < -0.39 is 56.4 Å². The van der Waals surface area contributed by atoms with Crippen molar-refractivity contribution in [1.29, 1.82) is 0 Å². The molecule has 0 aliphatic carbocycles. The van der Waals surface area contributed by atoms with Gasteiger partial charge in [-0.1, -0.05) is 0 Å². The van der Waals surface area contributed by atoms with Crippen molar-refractivity contribution in [3.05, 3.63) is 0 Å². The van der Waals surface area contributed by atoms with Crippen LogP contribution in [0.2, 0.25) is 0 Å². The minimum atomic E-state index is -5.98. The normalized spacial score (nSPS) is 13.9. The summed E-state index contributed by atoms with van der Waals surface area (Å²) in [6.07, 6.45) is -16.6. The molecule has 22 heavy (non-hydrogen) atoms. The standard InChI is InChI=1S/C9H8F10O3/c10-6(11,8(14,15)16)2-1-3-21-5(20)22-4-7(12,13)9(17,18)19/h1-4H2. The van der Waals surface area contributed by atoms with Gasteiger partial charge in [0.25, 0.3) is 0 Å². The van der Waals surface area contributed by atoms with Crippen molar-refractivity contribution in [2.45, 2.75) is 37.0 Å². The molecule has 0 saturated heterocycles. The number of hydrogen-bond donors (Lipinski definition) is 0. The Morgan fingerprint density at radius 3 is 1.59 bits per heavy atom. The van der Waals surface area contributed by atoms with E-state index in [1.807, 2.05) is 0 Å². The van der Waals surface area contributed by atoms with E-state index in [0.717, 1.165) is 0 Å². The molecule has 0 amide bonds. The Balaban J connectivity index is 4.08. The third-order valence-electron chi connectivity index (χ3n) is 2.06. The van der Waals surface area contributed by atoms with Crippen LogP contribution in [0.5, 0.6) is 0 Å². The fourth-order valence-corrected chi connectivity index (χ4v) is 0.864. The first-order valence-electron chi connectivity index (χ1n) is 5.29. The molecule has 0 aromatic rings. The second-order valence-corrected chi connectivity index (χ2v) is 3.90. The summed E-state index contributed by atoms with van der Waals surface area (Å²) in [4.78, 5) is 10.6. The maximum Gasteiger partial charge on any atom is 0.508 e. The molecule has 0 aromatic heterocycles. The van der Waals surface area contributed by atoms with E-state index >= 15 is 0 Å². The highest BCUT2D eigenvalue weighted by molar-refractivity contribution is 5.59. The minimum Gasteiger partial charge on any atom is -0.434 e. The Morgan fingerprint density at radius 2 is 1.18 bits per heavy atom. The molecule has 0 atom stereocenters. The first-order chi connectivity index (χ1) is 9.60. The smallest absolute Gasteiger partial charge is 0.434 e. The van der Waals surface area contributed by atoms with Gasteiger partial charge in [0.1, 0.15) is 0 Å². The first-order valence-corrected chi connectivity index (χ1v) is 5.29. The molecule has 0 aromatic carbocycles. The lowest BCUT2D eigenvalue weighted by atomic mass is 10.2. The Morgan fingerprint density at radius 1 is 0.727 bits per heavy atom. The number of alkyl halides is 10. The molecule has 132 valence electrons. The van der Waals surface area contributed by atoms with Gasteiger partial charge in [-0.05, 0) is 6.42 Å². The van der Waals surface area contributed by atoms with Gasteiger partial charge in [-0.25, -0.2) is 4.79 Å². The van der Waals surface area contributed by atoms with E-state index in [1.54, 1.807) is 0 Å². The van der Waals surface area contributed by atoms with Gasteiger partial charge in [0.05, 0.1) is 6.61 Å². The van der Waals surface area contributed by atoms with Crippen LogP contribution >= 0.6 is 0 Å². The van der Waals surface area contributed by atoms with Gasteiger partial charge in [0, 0.05) is 6.42 Å². The van der Waals surface area contributed by atoms with E-state index in [9.17, 15) is 48.7 Å². The molecule has 0 saturated carbocycles. The zero-order valence-electron chi connectivity index (χ0n) is 10.3. The van der Waals surface area contributed by atoms with Crippen LogP contribution in [0.25, 0.3) is 0 Å². The van der Waals surface area contributed by atoms with Crippen LogP contribution in [-0.4, -0.2) is 43.6 Å². The van der Waals surface area contributed by atoms with Crippen LogP contribution < -0.4 is 0 Å². The van der Waals surface area contributed by atoms with Crippen molar-refractivity contribution < 1.29 is 58.2 Å². The lowest BCUT2D eigenvalue weighted by molar-refractivity contribution is -0.293. The fraction of sp³-hybridized carbons (Fsp3) is 0.889. The number of halogens is 10. The van der Waals surface area contributed by atoms with Gasteiger partial charge in [0.15, 0.2) is 6.61 Å². The van der Waals surface area contributed by atoms with Crippen LogP contribution in [0, 0.1) is 0 Å². The predicted molar refractivity (Wildman–Crippen MR) is 48.5 cm³/mol. The number of rotatable bonds is 6. The summed E-state index contributed by atoms with van der Waals surface area (Å²) in [5.41, 5.74) is 0. The van der Waals surface area contributed by atoms with E-state index in [2.05, 4.69) is 9.47 Å². The lowest BCUT2D eigenvalue weighted by Gasteiger charge is -2.20. The van der Waals surface area contributed by atoms with Gasteiger partial charge in [-0.15, -0.1) is 0 Å². The summed E-state index contributed by atoms with van der Waals surface area (Å²) >= 11 is 0. The number of carbonyl (C=O) groups excluding carboxylic acids is 1. The Labute approximate surface area is 116 Å². The van der Waals surface area contributed by atoms with Gasteiger partial charge < -0.3 is 9.47 Å². The molecule has 13 heteroatoms. The molecule has 0 spiro atoms. The van der Waals surface area contributed by atoms with Gasteiger partial charge >= 0.3 is 30.4 Å². The van der Waals surface area contributed by atoms with Crippen molar-refractivity contribution in [3.8, 4) is 0 Å². The zero-order valence-corrected chi connectivity index (χ0v) is 10.3. The molecule has 0 radical (unpaired) electrons. The van der Waals surface area contributed by atoms with Crippen molar-refractivity contribution >= 4 is 6.16 Å². The van der Waals surface area contributed by atoms with Crippen molar-refractivity contribution in [2.75, 3.05) is 13.2 Å². The molecular weight excluding hydrogens is 346 g/mol. The molecule has 0 aliphatic heterocycles. The van der Waals surface area contributed by atoms with Crippen LogP contribution in [0.1, 0.15) is 12.8 Å². The van der Waals surface area contributed by atoms with Gasteiger partial charge in [0.2, 0.25) is 0 Å². The quantitative estimate of drug-likeness (QED) is 0.405. The molecule has 0 rings (SSSR count). The van der Waals surface area contributed by atoms with Crippen LogP contribution in [0.4, 0.5) is 48.7 Å². The topological polar surface area (TPSA) is 35.5 Å². The molecule has 0 aliphatic rings. The second-order valence-electron chi connectivity index (χ2n) is 3.90. The van der Waals surface area contributed by atoms with Crippen molar-refractivity contribution in [3.63, 3.8) is 0 Å². The Hall–Kier alpha value is -1.43. The largest absolute Gasteiger partial charge is 0.508 e.